The first-order valence-corrected chi connectivity index (χ1v) is 9.36. The summed E-state index contributed by atoms with van der Waals surface area (Å²) < 4.78 is 28.1. The van der Waals surface area contributed by atoms with E-state index in [-0.39, 0.29) is 22.1 Å². The van der Waals surface area contributed by atoms with E-state index in [0.717, 1.165) is 45.2 Å². The summed E-state index contributed by atoms with van der Waals surface area (Å²) in [7, 11) is -3.17. The van der Waals surface area contributed by atoms with E-state index in [0.29, 0.717) is 0 Å². The van der Waals surface area contributed by atoms with Crippen molar-refractivity contribution in [2.45, 2.75) is 71.1 Å². The van der Waals surface area contributed by atoms with E-state index in [1.54, 1.807) is 0 Å². The Hall–Kier alpha value is -0.130. The molecule has 1 heterocycles. The van der Waals surface area contributed by atoms with Gasteiger partial charge in [0.05, 0.1) is 5.25 Å². The Balaban J connectivity index is 2.04. The molecule has 0 unspecified atom stereocenters. The highest BCUT2D eigenvalue weighted by atomic mass is 32.2. The molecule has 0 aromatic carbocycles. The van der Waals surface area contributed by atoms with Crippen molar-refractivity contribution in [3.63, 3.8) is 0 Å². The Labute approximate surface area is 124 Å². The first-order valence-electron chi connectivity index (χ1n) is 7.82. The van der Waals surface area contributed by atoms with Gasteiger partial charge in [-0.1, -0.05) is 27.7 Å². The van der Waals surface area contributed by atoms with Gasteiger partial charge >= 0.3 is 0 Å². The average molecular weight is 302 g/mol. The number of hydrogen-bond donors (Lipinski definition) is 2. The lowest BCUT2D eigenvalue weighted by Crippen LogP contribution is -2.50. The molecule has 1 aliphatic carbocycles. The molecule has 4 nitrogen and oxygen atoms in total. The molecule has 0 spiro atoms. The zero-order valence-corrected chi connectivity index (χ0v) is 14.1. The molecule has 2 rings (SSSR count). The van der Waals surface area contributed by atoms with Crippen molar-refractivity contribution in [2.24, 2.45) is 10.8 Å². The molecule has 118 valence electrons. The maximum Gasteiger partial charge on any atom is 0.214 e. The van der Waals surface area contributed by atoms with Crippen LogP contribution in [-0.2, 0) is 10.0 Å². The molecule has 0 aromatic heterocycles. The fourth-order valence-corrected chi connectivity index (χ4v) is 6.04. The van der Waals surface area contributed by atoms with Gasteiger partial charge in [-0.05, 0) is 56.0 Å². The Bertz CT molecular complexity index is 421. The van der Waals surface area contributed by atoms with Gasteiger partial charge in [0.1, 0.15) is 0 Å². The maximum absolute atomic E-state index is 12.5. The van der Waals surface area contributed by atoms with Crippen LogP contribution in [0.5, 0.6) is 0 Å². The van der Waals surface area contributed by atoms with E-state index in [2.05, 4.69) is 37.7 Å². The Morgan fingerprint density at radius 2 is 1.50 bits per heavy atom. The first kappa shape index (κ1) is 16.2. The number of nitrogens with one attached hydrogen (secondary N) is 2. The minimum absolute atomic E-state index is 0.0913. The van der Waals surface area contributed by atoms with Gasteiger partial charge in [-0.2, -0.15) is 0 Å². The lowest BCUT2D eigenvalue weighted by Gasteiger charge is -2.45. The second-order valence-corrected chi connectivity index (χ2v) is 10.2. The fourth-order valence-electron chi connectivity index (χ4n) is 4.36. The van der Waals surface area contributed by atoms with Gasteiger partial charge in [0.2, 0.25) is 10.0 Å². The molecule has 0 bridgehead atoms. The van der Waals surface area contributed by atoms with Crippen molar-refractivity contribution >= 4 is 10.0 Å². The van der Waals surface area contributed by atoms with Crippen molar-refractivity contribution in [1.82, 2.24) is 10.0 Å². The van der Waals surface area contributed by atoms with Crippen LogP contribution in [0.1, 0.15) is 59.8 Å². The first-order chi connectivity index (χ1) is 9.10. The van der Waals surface area contributed by atoms with E-state index < -0.39 is 10.0 Å². The quantitative estimate of drug-likeness (QED) is 0.841. The van der Waals surface area contributed by atoms with Gasteiger partial charge in [-0.3, -0.25) is 0 Å². The molecule has 2 fully saturated rings. The molecule has 2 aliphatic rings. The number of hydrogen-bond acceptors (Lipinski definition) is 3. The topological polar surface area (TPSA) is 58.2 Å². The predicted molar refractivity (Wildman–Crippen MR) is 83.1 cm³/mol. The molecule has 0 aromatic rings. The highest BCUT2D eigenvalue weighted by Gasteiger charge is 2.40. The van der Waals surface area contributed by atoms with E-state index >= 15 is 0 Å². The van der Waals surface area contributed by atoms with Crippen LogP contribution in [0.25, 0.3) is 0 Å². The molecular weight excluding hydrogens is 272 g/mol. The largest absolute Gasteiger partial charge is 0.317 e. The van der Waals surface area contributed by atoms with Gasteiger partial charge in [0, 0.05) is 6.04 Å². The van der Waals surface area contributed by atoms with Crippen molar-refractivity contribution in [1.29, 1.82) is 0 Å². The summed E-state index contributed by atoms with van der Waals surface area (Å²) in [5, 5.41) is 3.01. The third-order valence-corrected chi connectivity index (χ3v) is 6.62. The van der Waals surface area contributed by atoms with Crippen molar-refractivity contribution in [2.75, 3.05) is 13.1 Å². The molecule has 1 saturated carbocycles. The van der Waals surface area contributed by atoms with Crippen LogP contribution in [0, 0.1) is 10.8 Å². The van der Waals surface area contributed by atoms with Gasteiger partial charge in [0.25, 0.3) is 0 Å². The van der Waals surface area contributed by atoms with Crippen LogP contribution in [0.4, 0.5) is 0 Å². The highest BCUT2D eigenvalue weighted by molar-refractivity contribution is 7.90. The van der Waals surface area contributed by atoms with E-state index in [1.807, 2.05) is 0 Å². The number of rotatable bonds is 3. The predicted octanol–water partition coefficient (Wildman–Crippen LogP) is 2.26. The molecule has 0 radical (unpaired) electrons. The highest BCUT2D eigenvalue weighted by Crippen LogP contribution is 2.45. The summed E-state index contributed by atoms with van der Waals surface area (Å²) in [6.07, 6.45) is 4.51. The zero-order valence-electron chi connectivity index (χ0n) is 13.3. The SMILES string of the molecule is CC1(C)CC(NS(=O)(=O)C2CCNCC2)CC(C)(C)C1. The van der Waals surface area contributed by atoms with Crippen LogP contribution in [0.3, 0.4) is 0 Å². The van der Waals surface area contributed by atoms with Gasteiger partial charge in [-0.15, -0.1) is 0 Å². The van der Waals surface area contributed by atoms with Crippen LogP contribution in [0.2, 0.25) is 0 Å². The van der Waals surface area contributed by atoms with Gasteiger partial charge < -0.3 is 5.32 Å². The number of sulfonamides is 1. The van der Waals surface area contributed by atoms with Gasteiger partial charge in [-0.25, -0.2) is 13.1 Å². The maximum atomic E-state index is 12.5. The molecule has 20 heavy (non-hydrogen) atoms. The fraction of sp³-hybridized carbons (Fsp3) is 1.00. The lowest BCUT2D eigenvalue weighted by atomic mass is 9.64. The molecule has 5 heteroatoms. The van der Waals surface area contributed by atoms with Crippen molar-refractivity contribution in [3.8, 4) is 0 Å². The third kappa shape index (κ3) is 4.18. The zero-order chi connectivity index (χ0) is 15.0. The normalized spacial score (nSPS) is 28.4. The van der Waals surface area contributed by atoms with Crippen LogP contribution in [0.15, 0.2) is 0 Å². The lowest BCUT2D eigenvalue weighted by molar-refractivity contribution is 0.0932. The molecule has 0 amide bonds. The van der Waals surface area contributed by atoms with Crippen molar-refractivity contribution in [3.05, 3.63) is 0 Å². The van der Waals surface area contributed by atoms with E-state index in [1.165, 1.54) is 0 Å². The van der Waals surface area contributed by atoms with Crippen molar-refractivity contribution < 1.29 is 8.42 Å². The molecule has 1 aliphatic heterocycles. The van der Waals surface area contributed by atoms with E-state index in [9.17, 15) is 8.42 Å². The molecule has 2 N–H and O–H groups in total. The summed E-state index contributed by atoms with van der Waals surface area (Å²) >= 11 is 0. The minimum Gasteiger partial charge on any atom is -0.317 e. The minimum atomic E-state index is -3.17. The summed E-state index contributed by atoms with van der Waals surface area (Å²) in [5.41, 5.74) is 0.423. The Morgan fingerprint density at radius 1 is 1.00 bits per heavy atom. The summed E-state index contributed by atoms with van der Waals surface area (Å²) in [5.74, 6) is 0. The second kappa shape index (κ2) is 5.58. The van der Waals surface area contributed by atoms with Crippen LogP contribution < -0.4 is 10.0 Å². The molecular formula is C15H30N2O2S. The standard InChI is InChI=1S/C15H30N2O2S/c1-14(2)9-12(10-15(3,4)11-14)17-20(18,19)13-5-7-16-8-6-13/h12-13,16-17H,5-11H2,1-4H3. The monoisotopic (exact) mass is 302 g/mol. The van der Waals surface area contributed by atoms with Gasteiger partial charge in [0.15, 0.2) is 0 Å². The third-order valence-electron chi connectivity index (χ3n) is 4.61. The average Bonchev–Trinajstić information content (AvgIpc) is 2.25. The Morgan fingerprint density at radius 3 is 2.00 bits per heavy atom. The van der Waals surface area contributed by atoms with Crippen LogP contribution >= 0.6 is 0 Å². The van der Waals surface area contributed by atoms with E-state index in [4.69, 9.17) is 0 Å². The van der Waals surface area contributed by atoms with Crippen LogP contribution in [-0.4, -0.2) is 32.8 Å². The molecule has 1 saturated heterocycles. The number of piperidine rings is 1. The summed E-state index contributed by atoms with van der Waals surface area (Å²) in [4.78, 5) is 0. The molecule has 0 atom stereocenters. The Kier molecular flexibility index (Phi) is 4.53. The smallest absolute Gasteiger partial charge is 0.214 e. The summed E-state index contributed by atoms with van der Waals surface area (Å²) in [6.45, 7) is 10.6. The second-order valence-electron chi connectivity index (χ2n) is 8.22. The summed E-state index contributed by atoms with van der Waals surface area (Å²) in [6, 6.07) is 0.0913.